The molecule has 102 valence electrons. The van der Waals surface area contributed by atoms with Crippen molar-refractivity contribution in [3.63, 3.8) is 0 Å². The average molecular weight is 261 g/mol. The van der Waals surface area contributed by atoms with E-state index in [1.165, 1.54) is 44.2 Å². The number of halogens is 1. The number of hydrogen-bond acceptors (Lipinski definition) is 2. The van der Waals surface area contributed by atoms with Gasteiger partial charge in [-0.15, -0.1) is 0 Å². The van der Waals surface area contributed by atoms with Gasteiger partial charge in [0.2, 0.25) is 0 Å². The highest BCUT2D eigenvalue weighted by Crippen LogP contribution is 2.30. The Bertz CT molecular complexity index is 570. The molecular weight excluding hydrogens is 241 g/mol. The zero-order chi connectivity index (χ0) is 13.3. The average Bonchev–Trinajstić information content (AvgIpc) is 2.81. The van der Waals surface area contributed by atoms with E-state index >= 15 is 0 Å². The number of benzene rings is 1. The van der Waals surface area contributed by atoms with Gasteiger partial charge in [-0.05, 0) is 38.1 Å². The molecule has 0 radical (unpaired) electrons. The van der Waals surface area contributed by atoms with Crippen molar-refractivity contribution in [2.45, 2.75) is 44.1 Å². The largest absolute Gasteiger partial charge is 0.342 e. The molecular formula is C15H20FN3. The molecule has 1 saturated carbocycles. The van der Waals surface area contributed by atoms with Gasteiger partial charge in [-0.25, -0.2) is 9.37 Å². The number of H-pyrrole nitrogens is 1. The summed E-state index contributed by atoms with van der Waals surface area (Å²) in [6.45, 7) is 0. The van der Waals surface area contributed by atoms with E-state index < -0.39 is 0 Å². The quantitative estimate of drug-likeness (QED) is 0.891. The third kappa shape index (κ3) is 2.50. The minimum Gasteiger partial charge on any atom is -0.342 e. The molecule has 0 aliphatic heterocycles. The van der Waals surface area contributed by atoms with Crippen molar-refractivity contribution in [1.29, 1.82) is 0 Å². The summed E-state index contributed by atoms with van der Waals surface area (Å²) in [7, 11) is 2.04. The van der Waals surface area contributed by atoms with E-state index in [0.717, 1.165) is 23.3 Å². The van der Waals surface area contributed by atoms with Gasteiger partial charge in [0.1, 0.15) is 11.6 Å². The van der Waals surface area contributed by atoms with Crippen molar-refractivity contribution in [3.05, 3.63) is 29.8 Å². The number of rotatable bonds is 3. The Balaban J connectivity index is 1.87. The summed E-state index contributed by atoms with van der Waals surface area (Å²) in [5.41, 5.74) is 1.79. The van der Waals surface area contributed by atoms with Crippen molar-refractivity contribution < 1.29 is 4.39 Å². The van der Waals surface area contributed by atoms with E-state index in [9.17, 15) is 4.39 Å². The first-order valence-corrected chi connectivity index (χ1v) is 7.04. The highest BCUT2D eigenvalue weighted by Gasteiger charge is 2.31. The number of aromatic amines is 1. The van der Waals surface area contributed by atoms with E-state index in [2.05, 4.69) is 15.3 Å². The standard InChI is InChI=1S/C15H20FN3/c1-17-15(7-3-2-4-8-15)10-14-18-12-6-5-11(16)9-13(12)19-14/h5-6,9,17H,2-4,7-8,10H2,1H3,(H,18,19). The number of aromatic nitrogens is 2. The smallest absolute Gasteiger partial charge is 0.125 e. The molecule has 1 aromatic carbocycles. The second-order valence-electron chi connectivity index (χ2n) is 5.61. The molecule has 3 nitrogen and oxygen atoms in total. The topological polar surface area (TPSA) is 40.7 Å². The van der Waals surface area contributed by atoms with Gasteiger partial charge in [0.05, 0.1) is 11.0 Å². The van der Waals surface area contributed by atoms with Crippen LogP contribution in [0.4, 0.5) is 4.39 Å². The number of fused-ring (bicyclic) bond motifs is 1. The molecule has 0 bridgehead atoms. The van der Waals surface area contributed by atoms with Gasteiger partial charge in [0.25, 0.3) is 0 Å². The van der Waals surface area contributed by atoms with Gasteiger partial charge in [0, 0.05) is 12.0 Å². The summed E-state index contributed by atoms with van der Waals surface area (Å²) in [5.74, 6) is 0.737. The van der Waals surface area contributed by atoms with Crippen LogP contribution in [0.15, 0.2) is 18.2 Å². The van der Waals surface area contributed by atoms with Crippen LogP contribution in [0.5, 0.6) is 0 Å². The Morgan fingerprint density at radius 1 is 1.32 bits per heavy atom. The van der Waals surface area contributed by atoms with Gasteiger partial charge in [0.15, 0.2) is 0 Å². The zero-order valence-electron chi connectivity index (χ0n) is 11.3. The molecule has 0 saturated heterocycles. The van der Waals surface area contributed by atoms with Crippen LogP contribution in [0, 0.1) is 5.82 Å². The van der Waals surface area contributed by atoms with Crippen LogP contribution in [0.3, 0.4) is 0 Å². The lowest BCUT2D eigenvalue weighted by Crippen LogP contribution is -2.46. The fourth-order valence-electron chi connectivity index (χ4n) is 3.18. The van der Waals surface area contributed by atoms with Crippen molar-refractivity contribution in [1.82, 2.24) is 15.3 Å². The second-order valence-corrected chi connectivity index (χ2v) is 5.61. The van der Waals surface area contributed by atoms with Crippen LogP contribution in [-0.2, 0) is 6.42 Å². The molecule has 3 rings (SSSR count). The van der Waals surface area contributed by atoms with Gasteiger partial charge in [-0.3, -0.25) is 0 Å². The van der Waals surface area contributed by atoms with Crippen molar-refractivity contribution in [3.8, 4) is 0 Å². The summed E-state index contributed by atoms with van der Waals surface area (Å²) in [6.07, 6.45) is 7.14. The highest BCUT2D eigenvalue weighted by atomic mass is 19.1. The van der Waals surface area contributed by atoms with Gasteiger partial charge in [-0.2, -0.15) is 0 Å². The zero-order valence-corrected chi connectivity index (χ0v) is 11.3. The summed E-state index contributed by atoms with van der Waals surface area (Å²) < 4.78 is 13.2. The first-order chi connectivity index (χ1) is 9.21. The molecule has 0 amide bonds. The molecule has 0 atom stereocenters. The molecule has 1 aliphatic rings. The van der Waals surface area contributed by atoms with E-state index in [1.54, 1.807) is 6.07 Å². The molecule has 2 aromatic rings. The molecule has 1 aromatic heterocycles. The number of likely N-dealkylation sites (N-methyl/N-ethyl adjacent to an activating group) is 1. The number of imidazole rings is 1. The fraction of sp³-hybridized carbons (Fsp3) is 0.533. The van der Waals surface area contributed by atoms with Gasteiger partial charge in [-0.1, -0.05) is 19.3 Å². The molecule has 4 heteroatoms. The molecule has 0 spiro atoms. The van der Waals surface area contributed by atoms with Crippen LogP contribution >= 0.6 is 0 Å². The van der Waals surface area contributed by atoms with Gasteiger partial charge >= 0.3 is 0 Å². The Hall–Kier alpha value is -1.42. The lowest BCUT2D eigenvalue weighted by Gasteiger charge is -2.36. The van der Waals surface area contributed by atoms with E-state index in [4.69, 9.17) is 0 Å². The minimum absolute atomic E-state index is 0.157. The first kappa shape index (κ1) is 12.6. The van der Waals surface area contributed by atoms with Crippen molar-refractivity contribution >= 4 is 11.0 Å². The molecule has 1 heterocycles. The summed E-state index contributed by atoms with van der Waals surface area (Å²) >= 11 is 0. The predicted molar refractivity (Wildman–Crippen MR) is 74.6 cm³/mol. The van der Waals surface area contributed by atoms with Crippen molar-refractivity contribution in [2.75, 3.05) is 7.05 Å². The maximum atomic E-state index is 13.2. The second kappa shape index (κ2) is 4.93. The minimum atomic E-state index is -0.219. The lowest BCUT2D eigenvalue weighted by molar-refractivity contribution is 0.241. The van der Waals surface area contributed by atoms with Crippen LogP contribution in [-0.4, -0.2) is 22.6 Å². The molecule has 19 heavy (non-hydrogen) atoms. The molecule has 1 aliphatic carbocycles. The Morgan fingerprint density at radius 2 is 2.11 bits per heavy atom. The van der Waals surface area contributed by atoms with E-state index in [-0.39, 0.29) is 11.4 Å². The number of hydrogen-bond donors (Lipinski definition) is 2. The first-order valence-electron chi connectivity index (χ1n) is 7.04. The van der Waals surface area contributed by atoms with E-state index in [1.807, 2.05) is 7.05 Å². The fourth-order valence-corrected chi connectivity index (χ4v) is 3.18. The highest BCUT2D eigenvalue weighted by molar-refractivity contribution is 5.74. The Morgan fingerprint density at radius 3 is 2.84 bits per heavy atom. The number of nitrogens with zero attached hydrogens (tertiary/aromatic N) is 1. The normalized spacial score (nSPS) is 18.8. The third-order valence-corrected chi connectivity index (χ3v) is 4.34. The molecule has 1 fully saturated rings. The molecule has 2 N–H and O–H groups in total. The lowest BCUT2D eigenvalue weighted by atomic mass is 9.79. The monoisotopic (exact) mass is 261 g/mol. The van der Waals surface area contributed by atoms with Gasteiger partial charge < -0.3 is 10.3 Å². The van der Waals surface area contributed by atoms with Crippen LogP contribution in [0.25, 0.3) is 11.0 Å². The summed E-state index contributed by atoms with van der Waals surface area (Å²) in [5, 5.41) is 3.49. The Labute approximate surface area is 112 Å². The summed E-state index contributed by atoms with van der Waals surface area (Å²) in [4.78, 5) is 7.83. The maximum absolute atomic E-state index is 13.2. The van der Waals surface area contributed by atoms with Crippen LogP contribution in [0.2, 0.25) is 0 Å². The number of nitrogens with one attached hydrogen (secondary N) is 2. The van der Waals surface area contributed by atoms with Crippen LogP contribution < -0.4 is 5.32 Å². The van der Waals surface area contributed by atoms with Crippen molar-refractivity contribution in [2.24, 2.45) is 0 Å². The van der Waals surface area contributed by atoms with E-state index in [0.29, 0.717) is 0 Å². The Kier molecular flexibility index (Phi) is 3.27. The summed E-state index contributed by atoms with van der Waals surface area (Å²) in [6, 6.07) is 4.71. The molecule has 0 unspecified atom stereocenters. The maximum Gasteiger partial charge on any atom is 0.125 e. The van der Waals surface area contributed by atoms with Crippen LogP contribution in [0.1, 0.15) is 37.9 Å². The SMILES string of the molecule is CNC1(Cc2nc3ccc(F)cc3[nH]2)CCCCC1. The predicted octanol–water partition coefficient (Wildman–Crippen LogP) is 3.17. The third-order valence-electron chi connectivity index (χ3n) is 4.34.